The Kier molecular flexibility index (Phi) is 6.63. The maximum Gasteiger partial charge on any atom is 0.142 e. The molecule has 0 bridgehead atoms. The molecule has 2 aliphatic carbocycles. The topological polar surface area (TPSA) is 77.1 Å². The van der Waals surface area contributed by atoms with Gasteiger partial charge < -0.3 is 20.4 Å². The number of ether oxygens (including phenoxy) is 1. The van der Waals surface area contributed by atoms with E-state index in [0.717, 1.165) is 55.5 Å². The SMILES string of the molecule is COc1cccc(CO/N=C(\C)[C@@H]2CCc3cc([C@H]4CC[C@](N)(CO)C4)ccc3C2)c1. The van der Waals surface area contributed by atoms with Gasteiger partial charge >= 0.3 is 0 Å². The summed E-state index contributed by atoms with van der Waals surface area (Å²) in [6, 6.07) is 14.8. The number of benzene rings is 2. The highest BCUT2D eigenvalue weighted by molar-refractivity contribution is 5.84. The second-order valence-electron chi connectivity index (χ2n) is 9.29. The third-order valence-electron chi connectivity index (χ3n) is 7.05. The van der Waals surface area contributed by atoms with Crippen LogP contribution < -0.4 is 10.5 Å². The van der Waals surface area contributed by atoms with Crippen LogP contribution in [0.5, 0.6) is 5.75 Å². The summed E-state index contributed by atoms with van der Waals surface area (Å²) in [6.45, 7) is 2.59. The van der Waals surface area contributed by atoms with Crippen LogP contribution in [0.15, 0.2) is 47.6 Å². The van der Waals surface area contributed by atoms with Crippen LogP contribution in [0.4, 0.5) is 0 Å². The minimum Gasteiger partial charge on any atom is -0.497 e. The molecule has 0 heterocycles. The molecule has 0 saturated heterocycles. The number of methoxy groups -OCH3 is 1. The molecule has 4 rings (SSSR count). The number of nitrogens with two attached hydrogens (primary N) is 1. The van der Waals surface area contributed by atoms with Gasteiger partial charge in [-0.1, -0.05) is 35.5 Å². The number of hydrogen-bond donors (Lipinski definition) is 2. The van der Waals surface area contributed by atoms with Gasteiger partial charge in [0, 0.05) is 11.5 Å². The molecule has 31 heavy (non-hydrogen) atoms. The first-order valence-electron chi connectivity index (χ1n) is 11.3. The molecule has 1 saturated carbocycles. The Labute approximate surface area is 185 Å². The first-order valence-corrected chi connectivity index (χ1v) is 11.3. The highest BCUT2D eigenvalue weighted by Crippen LogP contribution is 2.40. The van der Waals surface area contributed by atoms with E-state index < -0.39 is 5.54 Å². The molecule has 2 aromatic rings. The third-order valence-corrected chi connectivity index (χ3v) is 7.05. The van der Waals surface area contributed by atoms with Crippen LogP contribution in [-0.4, -0.2) is 30.1 Å². The van der Waals surface area contributed by atoms with Crippen molar-refractivity contribution in [3.63, 3.8) is 0 Å². The minimum absolute atomic E-state index is 0.0780. The summed E-state index contributed by atoms with van der Waals surface area (Å²) in [5, 5.41) is 14.0. The van der Waals surface area contributed by atoms with Crippen molar-refractivity contribution in [2.75, 3.05) is 13.7 Å². The standard InChI is InChI=1S/C26H34N2O3/c1-18(28-31-16-19-4-3-5-25(12-19)30-2)20-6-7-22-14-23(9-8-21(22)13-20)24-10-11-26(27,15-24)17-29/h3-5,8-9,12,14,20,24,29H,6-7,10-11,13,15-17,27H2,1-2H3/b28-18+/t20-,24+,26-/m1/s1. The smallest absolute Gasteiger partial charge is 0.142 e. The van der Waals surface area contributed by atoms with Crippen molar-refractivity contribution in [1.82, 2.24) is 0 Å². The Hall–Kier alpha value is -2.37. The first-order chi connectivity index (χ1) is 15.0. The van der Waals surface area contributed by atoms with Gasteiger partial charge in [0.15, 0.2) is 0 Å². The van der Waals surface area contributed by atoms with Gasteiger partial charge in [-0.05, 0) is 85.8 Å². The van der Waals surface area contributed by atoms with Crippen LogP contribution >= 0.6 is 0 Å². The maximum absolute atomic E-state index is 9.56. The molecule has 0 amide bonds. The van der Waals surface area contributed by atoms with Crippen LogP contribution in [0.1, 0.15) is 60.8 Å². The number of aryl methyl sites for hydroxylation is 1. The summed E-state index contributed by atoms with van der Waals surface area (Å²) in [4.78, 5) is 5.64. The Bertz CT molecular complexity index is 942. The third kappa shape index (κ3) is 5.10. The summed E-state index contributed by atoms with van der Waals surface area (Å²) >= 11 is 0. The molecule has 0 aromatic heterocycles. The number of aliphatic hydroxyl groups excluding tert-OH is 1. The van der Waals surface area contributed by atoms with Crippen molar-refractivity contribution >= 4 is 5.71 Å². The van der Waals surface area contributed by atoms with Crippen molar-refractivity contribution in [1.29, 1.82) is 0 Å². The lowest BCUT2D eigenvalue weighted by atomic mass is 9.80. The molecular weight excluding hydrogens is 388 g/mol. The van der Waals surface area contributed by atoms with Gasteiger partial charge in [0.2, 0.25) is 0 Å². The van der Waals surface area contributed by atoms with E-state index in [1.54, 1.807) is 7.11 Å². The zero-order chi connectivity index (χ0) is 21.8. The van der Waals surface area contributed by atoms with E-state index in [-0.39, 0.29) is 6.61 Å². The average Bonchev–Trinajstić information content (AvgIpc) is 3.21. The predicted molar refractivity (Wildman–Crippen MR) is 123 cm³/mol. The molecule has 5 heteroatoms. The molecule has 3 atom stereocenters. The molecular formula is C26H34N2O3. The number of aliphatic hydroxyl groups is 1. The van der Waals surface area contributed by atoms with Gasteiger partial charge in [0.25, 0.3) is 0 Å². The first kappa shape index (κ1) is 21.8. The lowest BCUT2D eigenvalue weighted by molar-refractivity contribution is 0.128. The van der Waals surface area contributed by atoms with Crippen molar-refractivity contribution in [2.45, 2.75) is 63.5 Å². The Balaban J connectivity index is 1.35. The van der Waals surface area contributed by atoms with E-state index in [9.17, 15) is 5.11 Å². The van der Waals surface area contributed by atoms with Crippen LogP contribution in [0.2, 0.25) is 0 Å². The Morgan fingerprint density at radius 1 is 1.19 bits per heavy atom. The van der Waals surface area contributed by atoms with Crippen LogP contribution in [-0.2, 0) is 24.3 Å². The van der Waals surface area contributed by atoms with Crippen LogP contribution in [0.25, 0.3) is 0 Å². The summed E-state index contributed by atoms with van der Waals surface area (Å²) in [6.07, 6.45) is 6.01. The highest BCUT2D eigenvalue weighted by atomic mass is 16.6. The van der Waals surface area contributed by atoms with E-state index >= 15 is 0 Å². The van der Waals surface area contributed by atoms with Gasteiger partial charge in [-0.25, -0.2) is 0 Å². The predicted octanol–water partition coefficient (Wildman–Crippen LogP) is 4.35. The number of fused-ring (bicyclic) bond motifs is 1. The highest BCUT2D eigenvalue weighted by Gasteiger charge is 2.36. The zero-order valence-electron chi connectivity index (χ0n) is 18.6. The second kappa shape index (κ2) is 9.41. The van der Waals surface area contributed by atoms with E-state index in [1.165, 1.54) is 16.7 Å². The van der Waals surface area contributed by atoms with Crippen molar-refractivity contribution < 1.29 is 14.7 Å². The van der Waals surface area contributed by atoms with Gasteiger partial charge in [-0.15, -0.1) is 0 Å². The molecule has 2 aromatic carbocycles. The fourth-order valence-corrected chi connectivity index (χ4v) is 5.02. The summed E-state index contributed by atoms with van der Waals surface area (Å²) < 4.78 is 5.26. The summed E-state index contributed by atoms with van der Waals surface area (Å²) in [7, 11) is 1.67. The monoisotopic (exact) mass is 422 g/mol. The number of hydrogen-bond acceptors (Lipinski definition) is 5. The van der Waals surface area contributed by atoms with E-state index in [4.69, 9.17) is 15.3 Å². The van der Waals surface area contributed by atoms with Crippen LogP contribution in [0.3, 0.4) is 0 Å². The molecule has 166 valence electrons. The number of rotatable bonds is 7. The Morgan fingerprint density at radius 3 is 2.84 bits per heavy atom. The summed E-state index contributed by atoms with van der Waals surface area (Å²) in [5.41, 5.74) is 12.2. The molecule has 5 nitrogen and oxygen atoms in total. The number of nitrogens with zero attached hydrogens (tertiary/aromatic N) is 1. The number of oxime groups is 1. The van der Waals surface area contributed by atoms with E-state index in [0.29, 0.717) is 18.4 Å². The average molecular weight is 423 g/mol. The lowest BCUT2D eigenvalue weighted by Crippen LogP contribution is -2.40. The fourth-order valence-electron chi connectivity index (χ4n) is 5.02. The van der Waals surface area contributed by atoms with Gasteiger partial charge in [-0.3, -0.25) is 0 Å². The van der Waals surface area contributed by atoms with Gasteiger partial charge in [-0.2, -0.15) is 0 Å². The summed E-state index contributed by atoms with van der Waals surface area (Å²) in [5.74, 6) is 1.71. The maximum atomic E-state index is 9.56. The molecule has 0 unspecified atom stereocenters. The fraction of sp³-hybridized carbons (Fsp3) is 0.500. The normalized spacial score (nSPS) is 25.9. The van der Waals surface area contributed by atoms with Crippen molar-refractivity contribution in [2.24, 2.45) is 16.8 Å². The Morgan fingerprint density at radius 2 is 2.06 bits per heavy atom. The van der Waals surface area contributed by atoms with Crippen molar-refractivity contribution in [3.05, 3.63) is 64.7 Å². The zero-order valence-corrected chi connectivity index (χ0v) is 18.6. The minimum atomic E-state index is -0.399. The van der Waals surface area contributed by atoms with E-state index in [2.05, 4.69) is 30.3 Å². The molecule has 1 fully saturated rings. The van der Waals surface area contributed by atoms with Crippen LogP contribution in [0, 0.1) is 5.92 Å². The van der Waals surface area contributed by atoms with Gasteiger partial charge in [0.05, 0.1) is 19.4 Å². The molecule has 2 aliphatic rings. The van der Waals surface area contributed by atoms with Gasteiger partial charge in [0.1, 0.15) is 12.4 Å². The lowest BCUT2D eigenvalue weighted by Gasteiger charge is -2.26. The largest absolute Gasteiger partial charge is 0.497 e. The molecule has 0 aliphatic heterocycles. The second-order valence-corrected chi connectivity index (χ2v) is 9.29. The molecule has 3 N–H and O–H groups in total. The molecule has 0 radical (unpaired) electrons. The quantitative estimate of drug-likeness (QED) is 0.514. The molecule has 0 spiro atoms. The van der Waals surface area contributed by atoms with E-state index in [1.807, 2.05) is 24.3 Å². The van der Waals surface area contributed by atoms with Crippen molar-refractivity contribution in [3.8, 4) is 5.75 Å².